The molecular weight excluding hydrogens is 317 g/mol. The standard InChI is InChI=1S/C20H30FN3O/c1-3-18-14-22-10-13-24(18)19(16-4-6-17(21)7-5-16)20(25)23-11-8-15(2)9-12-23/h4-7,15,18-19,22H,3,8-14H2,1-2H3. The summed E-state index contributed by atoms with van der Waals surface area (Å²) < 4.78 is 13.4. The van der Waals surface area contributed by atoms with Crippen molar-refractivity contribution in [1.29, 1.82) is 0 Å². The first-order chi connectivity index (χ1) is 12.1. The summed E-state index contributed by atoms with van der Waals surface area (Å²) in [7, 11) is 0. The molecule has 0 aliphatic carbocycles. The predicted molar refractivity (Wildman–Crippen MR) is 97.8 cm³/mol. The lowest BCUT2D eigenvalue weighted by Crippen LogP contribution is -2.56. The van der Waals surface area contributed by atoms with Crippen molar-refractivity contribution in [3.63, 3.8) is 0 Å². The minimum atomic E-state index is -0.305. The number of amides is 1. The van der Waals surface area contributed by atoms with Crippen LogP contribution in [-0.4, -0.2) is 54.5 Å². The lowest BCUT2D eigenvalue weighted by Gasteiger charge is -2.43. The maximum absolute atomic E-state index is 13.4. The van der Waals surface area contributed by atoms with Crippen LogP contribution in [0.4, 0.5) is 4.39 Å². The van der Waals surface area contributed by atoms with Crippen molar-refractivity contribution >= 4 is 5.91 Å². The topological polar surface area (TPSA) is 35.6 Å². The first-order valence-corrected chi connectivity index (χ1v) is 9.61. The number of piperazine rings is 1. The van der Waals surface area contributed by atoms with E-state index in [0.717, 1.165) is 57.5 Å². The number of carbonyl (C=O) groups excluding carboxylic acids is 1. The van der Waals surface area contributed by atoms with Gasteiger partial charge in [-0.25, -0.2) is 4.39 Å². The molecule has 1 amide bonds. The zero-order valence-electron chi connectivity index (χ0n) is 15.4. The first kappa shape index (κ1) is 18.3. The summed E-state index contributed by atoms with van der Waals surface area (Å²) in [5.41, 5.74) is 0.908. The highest BCUT2D eigenvalue weighted by Gasteiger charge is 2.36. The number of nitrogens with zero attached hydrogens (tertiary/aromatic N) is 2. The van der Waals surface area contributed by atoms with Gasteiger partial charge in [0.25, 0.3) is 0 Å². The highest BCUT2D eigenvalue weighted by molar-refractivity contribution is 5.83. The Bertz CT molecular complexity index is 569. The maximum atomic E-state index is 13.4. The SMILES string of the molecule is CCC1CNCCN1C(C(=O)N1CCC(C)CC1)c1ccc(F)cc1. The molecule has 0 spiro atoms. The van der Waals surface area contributed by atoms with E-state index in [4.69, 9.17) is 0 Å². The number of halogens is 1. The molecule has 25 heavy (non-hydrogen) atoms. The van der Waals surface area contributed by atoms with E-state index in [1.54, 1.807) is 12.1 Å². The first-order valence-electron chi connectivity index (χ1n) is 9.61. The van der Waals surface area contributed by atoms with Gasteiger partial charge in [0, 0.05) is 38.8 Å². The van der Waals surface area contributed by atoms with Crippen LogP contribution in [0.5, 0.6) is 0 Å². The van der Waals surface area contributed by atoms with Crippen molar-refractivity contribution in [2.24, 2.45) is 5.92 Å². The summed E-state index contributed by atoms with van der Waals surface area (Å²) in [6, 6.07) is 6.52. The van der Waals surface area contributed by atoms with Gasteiger partial charge < -0.3 is 10.2 Å². The fraction of sp³-hybridized carbons (Fsp3) is 0.650. The van der Waals surface area contributed by atoms with Crippen molar-refractivity contribution in [1.82, 2.24) is 15.1 Å². The summed E-state index contributed by atoms with van der Waals surface area (Å²) >= 11 is 0. The second kappa shape index (κ2) is 8.28. The molecule has 1 aromatic carbocycles. The van der Waals surface area contributed by atoms with E-state index >= 15 is 0 Å². The summed E-state index contributed by atoms with van der Waals surface area (Å²) in [4.78, 5) is 17.8. The lowest BCUT2D eigenvalue weighted by atomic mass is 9.95. The minimum Gasteiger partial charge on any atom is -0.341 e. The van der Waals surface area contributed by atoms with E-state index in [-0.39, 0.29) is 17.8 Å². The Labute approximate surface area is 150 Å². The Morgan fingerprint density at radius 3 is 2.56 bits per heavy atom. The van der Waals surface area contributed by atoms with Gasteiger partial charge in [-0.1, -0.05) is 26.0 Å². The molecule has 2 atom stereocenters. The number of carbonyl (C=O) groups is 1. The van der Waals surface area contributed by atoms with Crippen LogP contribution in [0.25, 0.3) is 0 Å². The van der Waals surface area contributed by atoms with Crippen LogP contribution in [0, 0.1) is 11.7 Å². The smallest absolute Gasteiger partial charge is 0.244 e. The molecule has 2 aliphatic rings. The minimum absolute atomic E-state index is 0.179. The molecule has 4 nitrogen and oxygen atoms in total. The van der Waals surface area contributed by atoms with E-state index in [0.29, 0.717) is 12.0 Å². The van der Waals surface area contributed by atoms with Gasteiger partial charge in [-0.15, -0.1) is 0 Å². The summed E-state index contributed by atoms with van der Waals surface area (Å²) in [5, 5.41) is 3.43. The second-order valence-electron chi connectivity index (χ2n) is 7.47. The van der Waals surface area contributed by atoms with E-state index < -0.39 is 0 Å². The number of piperidine rings is 1. The molecule has 2 saturated heterocycles. The van der Waals surface area contributed by atoms with Crippen molar-refractivity contribution in [3.8, 4) is 0 Å². The number of rotatable bonds is 4. The fourth-order valence-corrected chi connectivity index (χ4v) is 4.02. The molecular formula is C20H30FN3O. The van der Waals surface area contributed by atoms with Crippen molar-refractivity contribution in [2.45, 2.75) is 45.2 Å². The normalized spacial score (nSPS) is 24.3. The lowest BCUT2D eigenvalue weighted by molar-refractivity contribution is -0.140. The molecule has 0 saturated carbocycles. The van der Waals surface area contributed by atoms with Crippen LogP contribution in [0.3, 0.4) is 0 Å². The van der Waals surface area contributed by atoms with Crippen molar-refractivity contribution < 1.29 is 9.18 Å². The van der Waals surface area contributed by atoms with Gasteiger partial charge in [0.05, 0.1) is 0 Å². The number of benzene rings is 1. The molecule has 1 aromatic rings. The van der Waals surface area contributed by atoms with E-state index in [9.17, 15) is 9.18 Å². The highest BCUT2D eigenvalue weighted by atomic mass is 19.1. The monoisotopic (exact) mass is 347 g/mol. The molecule has 0 radical (unpaired) electrons. The maximum Gasteiger partial charge on any atom is 0.244 e. The predicted octanol–water partition coefficient (Wildman–Crippen LogP) is 2.81. The Kier molecular flexibility index (Phi) is 6.07. The fourth-order valence-electron chi connectivity index (χ4n) is 4.02. The Hall–Kier alpha value is -1.46. The average Bonchev–Trinajstić information content (AvgIpc) is 2.64. The number of likely N-dealkylation sites (tertiary alicyclic amines) is 1. The Morgan fingerprint density at radius 1 is 1.24 bits per heavy atom. The Balaban J connectivity index is 1.88. The Morgan fingerprint density at radius 2 is 1.92 bits per heavy atom. The summed E-state index contributed by atoms with van der Waals surface area (Å²) in [6.45, 7) is 8.72. The van der Waals surface area contributed by atoms with Gasteiger partial charge in [0.15, 0.2) is 0 Å². The third kappa shape index (κ3) is 4.21. The van der Waals surface area contributed by atoms with Crippen LogP contribution in [-0.2, 0) is 4.79 Å². The van der Waals surface area contributed by atoms with Crippen molar-refractivity contribution in [2.75, 3.05) is 32.7 Å². The quantitative estimate of drug-likeness (QED) is 0.910. The van der Waals surface area contributed by atoms with Gasteiger partial charge >= 0.3 is 0 Å². The third-order valence-corrected chi connectivity index (χ3v) is 5.71. The number of nitrogens with one attached hydrogen (secondary N) is 1. The summed E-state index contributed by atoms with van der Waals surface area (Å²) in [5.74, 6) is 0.615. The largest absolute Gasteiger partial charge is 0.341 e. The van der Waals surface area contributed by atoms with Crippen LogP contribution < -0.4 is 5.32 Å². The van der Waals surface area contributed by atoms with Crippen LogP contribution in [0.1, 0.15) is 44.7 Å². The van der Waals surface area contributed by atoms with Gasteiger partial charge in [-0.05, 0) is 42.9 Å². The molecule has 2 aliphatic heterocycles. The molecule has 5 heteroatoms. The van der Waals surface area contributed by atoms with Gasteiger partial charge in [0.1, 0.15) is 11.9 Å². The van der Waals surface area contributed by atoms with E-state index in [1.165, 1.54) is 12.1 Å². The molecule has 0 bridgehead atoms. The molecule has 2 unspecified atom stereocenters. The highest BCUT2D eigenvalue weighted by Crippen LogP contribution is 2.29. The third-order valence-electron chi connectivity index (χ3n) is 5.71. The molecule has 2 fully saturated rings. The molecule has 0 aromatic heterocycles. The van der Waals surface area contributed by atoms with E-state index in [2.05, 4.69) is 24.1 Å². The molecule has 1 N–H and O–H groups in total. The zero-order valence-corrected chi connectivity index (χ0v) is 15.4. The second-order valence-corrected chi connectivity index (χ2v) is 7.47. The molecule has 2 heterocycles. The van der Waals surface area contributed by atoms with Crippen LogP contribution >= 0.6 is 0 Å². The summed E-state index contributed by atoms with van der Waals surface area (Å²) in [6.07, 6.45) is 3.14. The van der Waals surface area contributed by atoms with Gasteiger partial charge in [0.2, 0.25) is 5.91 Å². The van der Waals surface area contributed by atoms with Crippen LogP contribution in [0.2, 0.25) is 0 Å². The molecule has 138 valence electrons. The van der Waals surface area contributed by atoms with Gasteiger partial charge in [-0.2, -0.15) is 0 Å². The number of hydrogen-bond acceptors (Lipinski definition) is 3. The van der Waals surface area contributed by atoms with E-state index in [1.807, 2.05) is 4.90 Å². The van der Waals surface area contributed by atoms with Crippen LogP contribution in [0.15, 0.2) is 24.3 Å². The average molecular weight is 347 g/mol. The number of hydrogen-bond donors (Lipinski definition) is 1. The molecule has 3 rings (SSSR count). The van der Waals surface area contributed by atoms with Gasteiger partial charge in [-0.3, -0.25) is 9.69 Å². The van der Waals surface area contributed by atoms with Crippen molar-refractivity contribution in [3.05, 3.63) is 35.6 Å². The zero-order chi connectivity index (χ0) is 17.8.